The highest BCUT2D eigenvalue weighted by atomic mass is 32.1. The van der Waals surface area contributed by atoms with Crippen molar-refractivity contribution in [2.75, 3.05) is 24.9 Å². The third-order valence-corrected chi connectivity index (χ3v) is 6.76. The van der Waals surface area contributed by atoms with Crippen LogP contribution in [0, 0.1) is 20.8 Å². The molecule has 1 atom stereocenters. The minimum absolute atomic E-state index is 0.249. The number of benzene rings is 1. The molecule has 0 fully saturated rings. The molecule has 0 saturated heterocycles. The van der Waals surface area contributed by atoms with E-state index in [1.165, 1.54) is 17.6 Å². The van der Waals surface area contributed by atoms with E-state index < -0.39 is 0 Å². The first kappa shape index (κ1) is 23.4. The summed E-state index contributed by atoms with van der Waals surface area (Å²) in [6.45, 7) is 6.03. The van der Waals surface area contributed by atoms with E-state index >= 15 is 0 Å². The third kappa shape index (κ3) is 4.77. The molecule has 2 N–H and O–H groups in total. The van der Waals surface area contributed by atoms with Gasteiger partial charge >= 0.3 is 0 Å². The molecular weight excluding hydrogens is 450 g/mol. The number of rotatable bonds is 8. The Morgan fingerprint density at radius 3 is 2.56 bits per heavy atom. The highest BCUT2D eigenvalue weighted by molar-refractivity contribution is 7.16. The standard InChI is InChI=1S/C26H27N3O4S/c1-15-8-6-10-22(27-15)28-24(19-14-18(31-4)11-12-20(19)32-5)23-16(2)17(3)34-26(23)29-25(30)21-9-7-13-33-21/h6-14,24H,1-5H3,(H,27,28)(H,29,30). The van der Waals surface area contributed by atoms with Crippen molar-refractivity contribution in [2.24, 2.45) is 0 Å². The average Bonchev–Trinajstić information content (AvgIpc) is 3.46. The van der Waals surface area contributed by atoms with Crippen molar-refractivity contribution in [3.63, 3.8) is 0 Å². The number of furan rings is 1. The van der Waals surface area contributed by atoms with Crippen molar-refractivity contribution in [2.45, 2.75) is 26.8 Å². The molecule has 4 aromatic rings. The summed E-state index contributed by atoms with van der Waals surface area (Å²) < 4.78 is 16.5. The Balaban J connectivity index is 1.86. The molecule has 0 aliphatic heterocycles. The molecule has 3 aromatic heterocycles. The number of aryl methyl sites for hydroxylation is 2. The average molecular weight is 478 g/mol. The number of nitrogens with one attached hydrogen (secondary N) is 2. The van der Waals surface area contributed by atoms with E-state index in [0.717, 1.165) is 32.3 Å². The largest absolute Gasteiger partial charge is 0.497 e. The van der Waals surface area contributed by atoms with Gasteiger partial charge in [0.2, 0.25) is 0 Å². The molecule has 176 valence electrons. The molecule has 0 radical (unpaired) electrons. The normalized spacial score (nSPS) is 11.7. The third-order valence-electron chi connectivity index (χ3n) is 5.62. The van der Waals surface area contributed by atoms with Gasteiger partial charge in [0.25, 0.3) is 5.91 Å². The molecule has 0 bridgehead atoms. The Hall–Kier alpha value is -3.78. The minimum atomic E-state index is -0.379. The lowest BCUT2D eigenvalue weighted by molar-refractivity contribution is 0.0997. The lowest BCUT2D eigenvalue weighted by Gasteiger charge is -2.24. The van der Waals surface area contributed by atoms with Crippen LogP contribution >= 0.6 is 11.3 Å². The van der Waals surface area contributed by atoms with Crippen molar-refractivity contribution in [3.8, 4) is 11.5 Å². The first-order valence-corrected chi connectivity index (χ1v) is 11.6. The number of pyridine rings is 1. The smallest absolute Gasteiger partial charge is 0.291 e. The van der Waals surface area contributed by atoms with Crippen molar-refractivity contribution in [1.82, 2.24) is 4.98 Å². The van der Waals surface area contributed by atoms with Crippen LogP contribution in [0.2, 0.25) is 0 Å². The van der Waals surface area contributed by atoms with Crippen LogP contribution in [0.4, 0.5) is 10.8 Å². The molecule has 1 amide bonds. The fraction of sp³-hybridized carbons (Fsp3) is 0.231. The fourth-order valence-corrected chi connectivity index (χ4v) is 4.89. The Kier molecular flexibility index (Phi) is 6.88. The number of hydrogen-bond acceptors (Lipinski definition) is 7. The maximum absolute atomic E-state index is 12.9. The number of nitrogens with zero attached hydrogens (tertiary/aromatic N) is 1. The van der Waals surface area contributed by atoms with E-state index in [9.17, 15) is 4.79 Å². The summed E-state index contributed by atoms with van der Waals surface area (Å²) in [5.41, 5.74) is 3.75. The molecule has 4 rings (SSSR count). The number of hydrogen-bond donors (Lipinski definition) is 2. The van der Waals surface area contributed by atoms with Crippen LogP contribution in [0.5, 0.6) is 11.5 Å². The Labute approximate surface area is 202 Å². The van der Waals surface area contributed by atoms with Crippen molar-refractivity contribution >= 4 is 28.1 Å². The van der Waals surface area contributed by atoms with Crippen LogP contribution in [-0.2, 0) is 0 Å². The molecule has 1 aromatic carbocycles. The number of carbonyl (C=O) groups is 1. The van der Waals surface area contributed by atoms with Gasteiger partial charge in [-0.15, -0.1) is 11.3 Å². The van der Waals surface area contributed by atoms with E-state index in [0.29, 0.717) is 17.3 Å². The van der Waals surface area contributed by atoms with Crippen LogP contribution in [0.1, 0.15) is 43.9 Å². The topological polar surface area (TPSA) is 85.6 Å². The predicted molar refractivity (Wildman–Crippen MR) is 134 cm³/mol. The van der Waals surface area contributed by atoms with Gasteiger partial charge in [0.15, 0.2) is 5.76 Å². The van der Waals surface area contributed by atoms with Gasteiger partial charge in [0.1, 0.15) is 22.3 Å². The van der Waals surface area contributed by atoms with Crippen LogP contribution in [0.15, 0.2) is 59.2 Å². The minimum Gasteiger partial charge on any atom is -0.497 e. The first-order valence-electron chi connectivity index (χ1n) is 10.8. The molecule has 3 heterocycles. The number of amides is 1. The number of carbonyl (C=O) groups excluding carboxylic acids is 1. The van der Waals surface area contributed by atoms with Gasteiger partial charge < -0.3 is 24.5 Å². The number of aromatic nitrogens is 1. The van der Waals surface area contributed by atoms with Gasteiger partial charge in [-0.1, -0.05) is 6.07 Å². The molecule has 1 unspecified atom stereocenters. The van der Waals surface area contributed by atoms with Crippen molar-refractivity contribution < 1.29 is 18.7 Å². The summed E-state index contributed by atoms with van der Waals surface area (Å²) in [7, 11) is 3.27. The van der Waals surface area contributed by atoms with Gasteiger partial charge in [-0.3, -0.25) is 4.79 Å². The number of anilines is 2. The Bertz CT molecular complexity index is 1300. The number of ether oxygens (including phenoxy) is 2. The molecule has 34 heavy (non-hydrogen) atoms. The summed E-state index contributed by atoms with van der Waals surface area (Å²) >= 11 is 1.52. The van der Waals surface area contributed by atoms with Gasteiger partial charge in [-0.25, -0.2) is 4.98 Å². The highest BCUT2D eigenvalue weighted by Gasteiger charge is 2.28. The second kappa shape index (κ2) is 10.0. The van der Waals surface area contributed by atoms with Gasteiger partial charge in [0, 0.05) is 21.7 Å². The summed E-state index contributed by atoms with van der Waals surface area (Å²) in [6.07, 6.45) is 1.48. The van der Waals surface area contributed by atoms with Crippen LogP contribution in [0.3, 0.4) is 0 Å². The second-order valence-corrected chi connectivity index (χ2v) is 9.03. The lowest BCUT2D eigenvalue weighted by atomic mass is 9.95. The van der Waals surface area contributed by atoms with Crippen molar-refractivity contribution in [1.29, 1.82) is 0 Å². The van der Waals surface area contributed by atoms with E-state index in [1.807, 2.05) is 50.2 Å². The van der Waals surface area contributed by atoms with Gasteiger partial charge in [-0.2, -0.15) is 0 Å². The first-order chi connectivity index (χ1) is 16.4. The molecule has 7 nitrogen and oxygen atoms in total. The molecule has 8 heteroatoms. The Morgan fingerprint density at radius 1 is 1.06 bits per heavy atom. The number of thiophene rings is 1. The van der Waals surface area contributed by atoms with Gasteiger partial charge in [0.05, 0.1) is 26.5 Å². The zero-order chi connectivity index (χ0) is 24.2. The molecule has 0 aliphatic rings. The quantitative estimate of drug-likeness (QED) is 0.317. The molecular formula is C26H27N3O4S. The summed E-state index contributed by atoms with van der Waals surface area (Å²) in [5.74, 6) is 2.04. The molecule has 0 aliphatic carbocycles. The van der Waals surface area contributed by atoms with E-state index in [2.05, 4.69) is 22.5 Å². The van der Waals surface area contributed by atoms with E-state index in [-0.39, 0.29) is 17.7 Å². The lowest BCUT2D eigenvalue weighted by Crippen LogP contribution is -2.18. The molecule has 0 saturated carbocycles. The molecule has 0 spiro atoms. The summed E-state index contributed by atoms with van der Waals surface area (Å²) in [5, 5.41) is 7.34. The highest BCUT2D eigenvalue weighted by Crippen LogP contribution is 2.44. The summed E-state index contributed by atoms with van der Waals surface area (Å²) in [4.78, 5) is 18.6. The number of methoxy groups -OCH3 is 2. The fourth-order valence-electron chi connectivity index (χ4n) is 3.80. The van der Waals surface area contributed by atoms with Crippen LogP contribution < -0.4 is 20.1 Å². The van der Waals surface area contributed by atoms with Crippen LogP contribution in [0.25, 0.3) is 0 Å². The summed E-state index contributed by atoms with van der Waals surface area (Å²) in [6, 6.07) is 14.4. The maximum atomic E-state index is 12.9. The monoisotopic (exact) mass is 477 g/mol. The van der Waals surface area contributed by atoms with Crippen LogP contribution in [-0.4, -0.2) is 25.1 Å². The Morgan fingerprint density at radius 2 is 1.88 bits per heavy atom. The van der Waals surface area contributed by atoms with Gasteiger partial charge in [-0.05, 0) is 68.8 Å². The van der Waals surface area contributed by atoms with E-state index in [4.69, 9.17) is 13.9 Å². The zero-order valence-corrected chi connectivity index (χ0v) is 20.6. The zero-order valence-electron chi connectivity index (χ0n) is 19.8. The second-order valence-electron chi connectivity index (χ2n) is 7.81. The SMILES string of the molecule is COc1ccc(OC)c(C(Nc2cccc(C)n2)c2c(NC(=O)c3ccco3)sc(C)c2C)c1. The predicted octanol–water partition coefficient (Wildman–Crippen LogP) is 6.13. The van der Waals surface area contributed by atoms with E-state index in [1.54, 1.807) is 26.4 Å². The maximum Gasteiger partial charge on any atom is 0.291 e. The van der Waals surface area contributed by atoms with Crippen molar-refractivity contribution in [3.05, 3.63) is 87.8 Å².